The van der Waals surface area contributed by atoms with Gasteiger partial charge in [-0.2, -0.15) is 4.98 Å². The van der Waals surface area contributed by atoms with Gasteiger partial charge in [0.2, 0.25) is 5.91 Å². The third kappa shape index (κ3) is 4.18. The number of carbonyl (C=O) groups excluding carboxylic acids is 1. The smallest absolute Gasteiger partial charge is 0.273 e. The van der Waals surface area contributed by atoms with Gasteiger partial charge in [0.15, 0.2) is 15.9 Å². The van der Waals surface area contributed by atoms with Crippen molar-refractivity contribution in [2.75, 3.05) is 36.9 Å². The van der Waals surface area contributed by atoms with Gasteiger partial charge in [0.1, 0.15) is 4.70 Å². The number of hydrogen-bond acceptors (Lipinski definition) is 8. The molecule has 2 fully saturated rings. The van der Waals surface area contributed by atoms with Crippen LogP contribution in [0, 0.1) is 0 Å². The molecule has 0 aliphatic carbocycles. The average Bonchev–Trinajstić information content (AvgIpc) is 3.45. The molecule has 152 valence electrons. The largest absolute Gasteiger partial charge is 0.376 e. The zero-order chi connectivity index (χ0) is 19.5. The standard InChI is InChI=1S/C18H25N5O3S2/c1-2-23-16(25)14-15(20-17(28-14)22-7-3-4-8-22)21-18(23)27-11-13(24)19-10-12-6-5-9-26-12/h12H,2-11H2,1H3,(H,19,24)/t12-/m0/s1. The normalized spacial score (nSPS) is 19.6. The molecule has 10 heteroatoms. The molecule has 2 aliphatic rings. The molecule has 8 nitrogen and oxygen atoms in total. The van der Waals surface area contributed by atoms with Crippen LogP contribution in [-0.2, 0) is 16.1 Å². The number of amides is 1. The molecule has 28 heavy (non-hydrogen) atoms. The van der Waals surface area contributed by atoms with Gasteiger partial charge in [-0.3, -0.25) is 14.2 Å². The Hall–Kier alpha value is -1.65. The zero-order valence-electron chi connectivity index (χ0n) is 16.0. The monoisotopic (exact) mass is 423 g/mol. The topological polar surface area (TPSA) is 89.3 Å². The number of nitrogens with zero attached hydrogens (tertiary/aromatic N) is 4. The van der Waals surface area contributed by atoms with Gasteiger partial charge in [-0.05, 0) is 32.6 Å². The highest BCUT2D eigenvalue weighted by Gasteiger charge is 2.21. The van der Waals surface area contributed by atoms with Crippen LogP contribution in [0.3, 0.4) is 0 Å². The number of rotatable bonds is 7. The van der Waals surface area contributed by atoms with Gasteiger partial charge in [0.05, 0.1) is 11.9 Å². The van der Waals surface area contributed by atoms with Crippen LogP contribution in [0.2, 0.25) is 0 Å². The first-order valence-corrected chi connectivity index (χ1v) is 11.6. The van der Waals surface area contributed by atoms with Crippen molar-refractivity contribution in [3.63, 3.8) is 0 Å². The molecule has 0 aromatic carbocycles. The second kappa shape index (κ2) is 8.79. The number of thioether (sulfide) groups is 1. The number of fused-ring (bicyclic) bond motifs is 1. The molecular weight excluding hydrogens is 398 g/mol. The summed E-state index contributed by atoms with van der Waals surface area (Å²) in [6.07, 6.45) is 4.48. The quantitative estimate of drug-likeness (QED) is 0.537. The number of ether oxygens (including phenoxy) is 1. The maximum atomic E-state index is 12.9. The van der Waals surface area contributed by atoms with Gasteiger partial charge in [-0.15, -0.1) is 0 Å². The molecular formula is C18H25N5O3S2. The molecule has 4 heterocycles. The number of aromatic nitrogens is 3. The van der Waals surface area contributed by atoms with Crippen LogP contribution in [0.5, 0.6) is 0 Å². The fourth-order valence-corrected chi connectivity index (χ4v) is 5.41. The Labute approximate surface area is 171 Å². The lowest BCUT2D eigenvalue weighted by Gasteiger charge is -2.11. The third-order valence-electron chi connectivity index (χ3n) is 5.05. The van der Waals surface area contributed by atoms with Gasteiger partial charge >= 0.3 is 0 Å². The van der Waals surface area contributed by atoms with Crippen LogP contribution < -0.4 is 15.8 Å². The highest BCUT2D eigenvalue weighted by Crippen LogP contribution is 2.29. The Morgan fingerprint density at radius 2 is 2.14 bits per heavy atom. The van der Waals surface area contributed by atoms with Gasteiger partial charge in [-0.25, -0.2) is 4.98 Å². The first kappa shape index (κ1) is 19.7. The molecule has 0 radical (unpaired) electrons. The van der Waals surface area contributed by atoms with Gasteiger partial charge in [0.25, 0.3) is 5.56 Å². The van der Waals surface area contributed by atoms with Crippen LogP contribution in [0.1, 0.15) is 32.6 Å². The first-order valence-electron chi connectivity index (χ1n) is 9.83. The van der Waals surface area contributed by atoms with E-state index < -0.39 is 0 Å². The Morgan fingerprint density at radius 1 is 1.32 bits per heavy atom. The van der Waals surface area contributed by atoms with Crippen molar-refractivity contribution in [2.45, 2.75) is 50.4 Å². The number of hydrogen-bond donors (Lipinski definition) is 1. The molecule has 2 aromatic heterocycles. The molecule has 0 saturated carbocycles. The van der Waals surface area contributed by atoms with Crippen LogP contribution in [-0.4, -0.2) is 58.5 Å². The van der Waals surface area contributed by atoms with E-state index in [1.54, 1.807) is 4.57 Å². The van der Waals surface area contributed by atoms with Gasteiger partial charge < -0.3 is 15.0 Å². The maximum absolute atomic E-state index is 12.9. The molecule has 1 amide bonds. The number of carbonyl (C=O) groups is 1. The van der Waals surface area contributed by atoms with E-state index in [9.17, 15) is 9.59 Å². The van der Waals surface area contributed by atoms with E-state index in [2.05, 4.69) is 20.2 Å². The van der Waals surface area contributed by atoms with Crippen LogP contribution >= 0.6 is 23.1 Å². The SMILES string of the molecule is CCn1c(SCC(=O)NC[C@@H]2CCCO2)nc2nc(N3CCCC3)sc2c1=O. The van der Waals surface area contributed by atoms with E-state index in [-0.39, 0.29) is 23.3 Å². The summed E-state index contributed by atoms with van der Waals surface area (Å²) in [5, 5.41) is 4.32. The van der Waals surface area contributed by atoms with Crippen LogP contribution in [0.4, 0.5) is 5.13 Å². The average molecular weight is 424 g/mol. The highest BCUT2D eigenvalue weighted by molar-refractivity contribution is 7.99. The van der Waals surface area contributed by atoms with Crippen LogP contribution in [0.25, 0.3) is 10.3 Å². The predicted octanol–water partition coefficient (Wildman–Crippen LogP) is 1.86. The summed E-state index contributed by atoms with van der Waals surface area (Å²) in [6, 6.07) is 0. The Balaban J connectivity index is 1.47. The molecule has 0 bridgehead atoms. The summed E-state index contributed by atoms with van der Waals surface area (Å²) >= 11 is 2.71. The molecule has 4 rings (SSSR count). The van der Waals surface area contributed by atoms with E-state index in [0.717, 1.165) is 50.5 Å². The summed E-state index contributed by atoms with van der Waals surface area (Å²) in [4.78, 5) is 36.5. The van der Waals surface area contributed by atoms with Crippen molar-refractivity contribution in [2.24, 2.45) is 0 Å². The third-order valence-corrected chi connectivity index (χ3v) is 7.12. The lowest BCUT2D eigenvalue weighted by molar-refractivity contribution is -0.119. The van der Waals surface area contributed by atoms with Crippen molar-refractivity contribution in [1.82, 2.24) is 19.9 Å². The van der Waals surface area contributed by atoms with Crippen molar-refractivity contribution in [1.29, 1.82) is 0 Å². The predicted molar refractivity (Wildman–Crippen MR) is 112 cm³/mol. The van der Waals surface area contributed by atoms with Gasteiger partial charge in [0, 0.05) is 32.8 Å². The number of anilines is 1. The Kier molecular flexibility index (Phi) is 6.17. The minimum absolute atomic E-state index is 0.0716. The summed E-state index contributed by atoms with van der Waals surface area (Å²) in [6.45, 7) is 5.70. The number of thiazole rings is 1. The molecule has 1 N–H and O–H groups in total. The van der Waals surface area contributed by atoms with Crippen molar-refractivity contribution in [3.8, 4) is 0 Å². The second-order valence-electron chi connectivity index (χ2n) is 7.01. The molecule has 2 saturated heterocycles. The van der Waals surface area contributed by atoms with E-state index in [4.69, 9.17) is 4.74 Å². The fraction of sp³-hybridized carbons (Fsp3) is 0.667. The van der Waals surface area contributed by atoms with E-state index >= 15 is 0 Å². The van der Waals surface area contributed by atoms with Gasteiger partial charge in [-0.1, -0.05) is 23.1 Å². The number of nitrogens with one attached hydrogen (secondary N) is 1. The second-order valence-corrected chi connectivity index (χ2v) is 8.93. The lowest BCUT2D eigenvalue weighted by atomic mass is 10.2. The minimum atomic E-state index is -0.0754. The van der Waals surface area contributed by atoms with Crippen molar-refractivity contribution >= 4 is 44.5 Å². The molecule has 2 aromatic rings. The first-order chi connectivity index (χ1) is 13.7. The summed E-state index contributed by atoms with van der Waals surface area (Å²) in [5.74, 6) is 0.141. The summed E-state index contributed by atoms with van der Waals surface area (Å²) in [5.41, 5.74) is 0.418. The minimum Gasteiger partial charge on any atom is -0.376 e. The molecule has 2 aliphatic heterocycles. The Bertz CT molecular complexity index is 900. The summed E-state index contributed by atoms with van der Waals surface area (Å²) in [7, 11) is 0. The zero-order valence-corrected chi connectivity index (χ0v) is 17.6. The molecule has 1 atom stereocenters. The maximum Gasteiger partial charge on any atom is 0.273 e. The van der Waals surface area contributed by atoms with E-state index in [1.165, 1.54) is 23.1 Å². The fourth-order valence-electron chi connectivity index (χ4n) is 3.52. The van der Waals surface area contributed by atoms with Crippen molar-refractivity contribution in [3.05, 3.63) is 10.4 Å². The van der Waals surface area contributed by atoms with E-state index in [0.29, 0.717) is 28.6 Å². The molecule has 0 unspecified atom stereocenters. The summed E-state index contributed by atoms with van der Waals surface area (Å²) < 4.78 is 7.75. The van der Waals surface area contributed by atoms with E-state index in [1.807, 2.05) is 6.92 Å². The molecule has 0 spiro atoms. The highest BCUT2D eigenvalue weighted by atomic mass is 32.2. The Morgan fingerprint density at radius 3 is 2.86 bits per heavy atom. The lowest BCUT2D eigenvalue weighted by Crippen LogP contribution is -2.33. The van der Waals surface area contributed by atoms with Crippen molar-refractivity contribution < 1.29 is 9.53 Å². The van der Waals surface area contributed by atoms with Crippen LogP contribution in [0.15, 0.2) is 9.95 Å².